The third kappa shape index (κ3) is 4.45. The van der Waals surface area contributed by atoms with E-state index in [1.807, 2.05) is 18.6 Å². The largest absolute Gasteiger partial charge is 0.496 e. The summed E-state index contributed by atoms with van der Waals surface area (Å²) in [5.74, 6) is 1.54. The fourth-order valence-corrected chi connectivity index (χ4v) is 5.32. The van der Waals surface area contributed by atoms with Gasteiger partial charge in [0.2, 0.25) is 5.95 Å². The first kappa shape index (κ1) is 23.5. The molecular weight excluding hydrogens is 438 g/mol. The zero-order valence-electron chi connectivity index (χ0n) is 21.4. The van der Waals surface area contributed by atoms with Crippen LogP contribution in [0.2, 0.25) is 0 Å². The number of aromatic nitrogens is 3. The van der Waals surface area contributed by atoms with Crippen molar-refractivity contribution in [3.63, 3.8) is 0 Å². The van der Waals surface area contributed by atoms with Gasteiger partial charge in [-0.3, -0.25) is 4.79 Å². The molecule has 0 saturated carbocycles. The van der Waals surface area contributed by atoms with Crippen molar-refractivity contribution in [3.8, 4) is 28.1 Å². The van der Waals surface area contributed by atoms with Crippen molar-refractivity contribution in [2.75, 3.05) is 44.7 Å². The molecule has 2 aromatic heterocycles. The summed E-state index contributed by atoms with van der Waals surface area (Å²) < 4.78 is 8.07. The molecule has 2 aliphatic heterocycles. The quantitative estimate of drug-likeness (QED) is 0.564. The Hall–Kier alpha value is -3.19. The third-order valence-electron chi connectivity index (χ3n) is 7.46. The topological polar surface area (TPSA) is 63.5 Å². The van der Waals surface area contributed by atoms with E-state index in [4.69, 9.17) is 14.7 Å². The summed E-state index contributed by atoms with van der Waals surface area (Å²) in [6.07, 6.45) is 6.62. The van der Waals surface area contributed by atoms with Crippen molar-refractivity contribution in [2.45, 2.75) is 40.2 Å². The number of benzene rings is 1. The van der Waals surface area contributed by atoms with E-state index in [0.29, 0.717) is 0 Å². The third-order valence-corrected chi connectivity index (χ3v) is 7.46. The SMILES string of the molecule is CCN1CCN(c2ncc(-c3cc4c(cc3OC)-c3cc(=O)ccn3C(C(C)(C)C)C4)cn2)CC1. The highest BCUT2D eigenvalue weighted by atomic mass is 16.5. The summed E-state index contributed by atoms with van der Waals surface area (Å²) in [4.78, 5) is 26.4. The number of hydrogen-bond donors (Lipinski definition) is 0. The van der Waals surface area contributed by atoms with Gasteiger partial charge in [0.1, 0.15) is 5.75 Å². The van der Waals surface area contributed by atoms with Crippen molar-refractivity contribution < 1.29 is 4.74 Å². The molecule has 4 heterocycles. The molecule has 0 radical (unpaired) electrons. The van der Waals surface area contributed by atoms with Crippen molar-refractivity contribution in [2.24, 2.45) is 5.41 Å². The van der Waals surface area contributed by atoms with Crippen LogP contribution in [-0.4, -0.2) is 59.3 Å². The van der Waals surface area contributed by atoms with Crippen molar-refractivity contribution in [1.29, 1.82) is 0 Å². The predicted molar refractivity (Wildman–Crippen MR) is 140 cm³/mol. The number of piperazine rings is 1. The predicted octanol–water partition coefficient (Wildman–Crippen LogP) is 4.27. The van der Waals surface area contributed by atoms with Gasteiger partial charge in [0.25, 0.3) is 0 Å². The Morgan fingerprint density at radius 1 is 1.03 bits per heavy atom. The van der Waals surface area contributed by atoms with Gasteiger partial charge < -0.3 is 19.1 Å². The number of likely N-dealkylation sites (N-methyl/N-ethyl adjacent to an activating group) is 1. The Kier molecular flexibility index (Phi) is 6.13. The van der Waals surface area contributed by atoms with Crippen LogP contribution in [0.5, 0.6) is 5.75 Å². The number of fused-ring (bicyclic) bond motifs is 3. The first-order valence-electron chi connectivity index (χ1n) is 12.5. The molecule has 1 atom stereocenters. The minimum Gasteiger partial charge on any atom is -0.496 e. The second-order valence-electron chi connectivity index (χ2n) is 10.6. The highest BCUT2D eigenvalue weighted by Gasteiger charge is 2.33. The van der Waals surface area contributed by atoms with Crippen LogP contribution in [0.15, 0.2) is 47.7 Å². The summed E-state index contributed by atoms with van der Waals surface area (Å²) in [6, 6.07) is 7.90. The summed E-state index contributed by atoms with van der Waals surface area (Å²) in [7, 11) is 1.69. The maximum Gasteiger partial charge on any atom is 0.225 e. The number of ether oxygens (including phenoxy) is 1. The van der Waals surface area contributed by atoms with E-state index in [-0.39, 0.29) is 16.9 Å². The highest BCUT2D eigenvalue weighted by molar-refractivity contribution is 5.78. The zero-order valence-corrected chi connectivity index (χ0v) is 21.4. The van der Waals surface area contributed by atoms with Gasteiger partial charge in [0.05, 0.1) is 12.8 Å². The van der Waals surface area contributed by atoms with E-state index in [2.05, 4.69) is 54.2 Å². The lowest BCUT2D eigenvalue weighted by molar-refractivity contribution is 0.237. The van der Waals surface area contributed by atoms with Crippen molar-refractivity contribution in [1.82, 2.24) is 19.4 Å². The molecule has 3 aromatic rings. The van der Waals surface area contributed by atoms with E-state index in [0.717, 1.165) is 73.2 Å². The lowest BCUT2D eigenvalue weighted by Crippen LogP contribution is -2.46. The van der Waals surface area contributed by atoms with Crippen LogP contribution in [0.4, 0.5) is 5.95 Å². The molecule has 7 nitrogen and oxygen atoms in total. The maximum atomic E-state index is 12.3. The highest BCUT2D eigenvalue weighted by Crippen LogP contribution is 2.45. The lowest BCUT2D eigenvalue weighted by Gasteiger charge is -2.39. The molecule has 1 unspecified atom stereocenters. The first-order valence-corrected chi connectivity index (χ1v) is 12.5. The zero-order chi connectivity index (χ0) is 24.7. The Morgan fingerprint density at radius 3 is 2.37 bits per heavy atom. The van der Waals surface area contributed by atoms with Crippen molar-refractivity contribution in [3.05, 3.63) is 58.6 Å². The van der Waals surface area contributed by atoms with Crippen LogP contribution in [0.25, 0.3) is 22.4 Å². The maximum absolute atomic E-state index is 12.3. The van der Waals surface area contributed by atoms with Gasteiger partial charge >= 0.3 is 0 Å². The molecule has 5 rings (SSSR count). The molecular formula is C28H35N5O2. The van der Waals surface area contributed by atoms with Crippen LogP contribution >= 0.6 is 0 Å². The molecule has 184 valence electrons. The van der Waals surface area contributed by atoms with Gasteiger partial charge in [-0.05, 0) is 36.1 Å². The number of pyridine rings is 1. The smallest absolute Gasteiger partial charge is 0.225 e. The molecule has 1 fully saturated rings. The minimum atomic E-state index is 0.0172. The Balaban J connectivity index is 1.52. The monoisotopic (exact) mass is 473 g/mol. The summed E-state index contributed by atoms with van der Waals surface area (Å²) in [6.45, 7) is 14.0. The Morgan fingerprint density at radius 2 is 1.74 bits per heavy atom. The fourth-order valence-electron chi connectivity index (χ4n) is 5.32. The first-order chi connectivity index (χ1) is 16.8. The number of methoxy groups -OCH3 is 1. The van der Waals surface area contributed by atoms with Crippen LogP contribution in [0, 0.1) is 5.41 Å². The molecule has 0 spiro atoms. The van der Waals surface area contributed by atoms with Gasteiger partial charge in [-0.2, -0.15) is 0 Å². The molecule has 1 aromatic carbocycles. The van der Waals surface area contributed by atoms with E-state index in [9.17, 15) is 4.79 Å². The molecule has 35 heavy (non-hydrogen) atoms. The van der Waals surface area contributed by atoms with Gasteiger partial charge in [0, 0.05) is 79.6 Å². The average molecular weight is 474 g/mol. The standard InChI is InChI=1S/C28H35N5O2/c1-6-31-9-11-32(12-10-31)27-29-17-20(18-30-27)23-13-19-14-26(28(2,3)4)33-8-7-21(34)15-24(33)22(19)16-25(23)35-5/h7-8,13,15-18,26H,6,9-12,14H2,1-5H3. The van der Waals surface area contributed by atoms with Crippen LogP contribution in [-0.2, 0) is 6.42 Å². The summed E-state index contributed by atoms with van der Waals surface area (Å²) >= 11 is 0. The number of hydrogen-bond acceptors (Lipinski definition) is 6. The summed E-state index contributed by atoms with van der Waals surface area (Å²) in [5, 5.41) is 0. The fraction of sp³-hybridized carbons (Fsp3) is 0.464. The minimum absolute atomic E-state index is 0.0172. The Bertz CT molecular complexity index is 1270. The van der Waals surface area contributed by atoms with Crippen LogP contribution in [0.3, 0.4) is 0 Å². The van der Waals surface area contributed by atoms with Crippen LogP contribution in [0.1, 0.15) is 39.3 Å². The number of nitrogens with zero attached hydrogens (tertiary/aromatic N) is 5. The van der Waals surface area contributed by atoms with Crippen LogP contribution < -0.4 is 15.1 Å². The molecule has 2 aliphatic rings. The molecule has 1 saturated heterocycles. The molecule has 0 bridgehead atoms. The van der Waals surface area contributed by atoms with E-state index >= 15 is 0 Å². The Labute approximate surface area is 207 Å². The van der Waals surface area contributed by atoms with Gasteiger partial charge in [0.15, 0.2) is 5.43 Å². The normalized spacial score (nSPS) is 18.2. The second-order valence-corrected chi connectivity index (χ2v) is 10.6. The lowest BCUT2D eigenvalue weighted by atomic mass is 9.78. The molecule has 0 amide bonds. The van der Waals surface area contributed by atoms with Gasteiger partial charge in [-0.15, -0.1) is 0 Å². The summed E-state index contributed by atoms with van der Waals surface area (Å²) in [5.41, 5.74) is 5.18. The van der Waals surface area contributed by atoms with Gasteiger partial charge in [-0.25, -0.2) is 9.97 Å². The molecule has 7 heteroatoms. The molecule has 0 aliphatic carbocycles. The molecule has 0 N–H and O–H groups in total. The second kappa shape index (κ2) is 9.11. The number of rotatable bonds is 4. The van der Waals surface area contributed by atoms with E-state index in [1.54, 1.807) is 19.2 Å². The number of anilines is 1. The van der Waals surface area contributed by atoms with Crippen molar-refractivity contribution >= 4 is 5.95 Å². The van der Waals surface area contributed by atoms with Gasteiger partial charge in [-0.1, -0.05) is 27.7 Å². The van der Waals surface area contributed by atoms with E-state index in [1.165, 1.54) is 5.56 Å². The average Bonchev–Trinajstić information content (AvgIpc) is 2.87. The van der Waals surface area contributed by atoms with E-state index < -0.39 is 0 Å².